The lowest BCUT2D eigenvalue weighted by Crippen LogP contribution is -1.87. The van der Waals surface area contributed by atoms with E-state index in [0.29, 0.717) is 29.5 Å². The molecule has 0 spiro atoms. The summed E-state index contributed by atoms with van der Waals surface area (Å²) in [6, 6.07) is 0. The summed E-state index contributed by atoms with van der Waals surface area (Å²) in [4.78, 5) is 28.9. The van der Waals surface area contributed by atoms with Gasteiger partial charge in [0.2, 0.25) is 0 Å². The van der Waals surface area contributed by atoms with Crippen molar-refractivity contribution in [3.05, 3.63) is 24.5 Å². The number of aromatic amines is 1. The summed E-state index contributed by atoms with van der Waals surface area (Å²) >= 11 is 0. The molecule has 0 aromatic carbocycles. The molecule has 0 unspecified atom stereocenters. The number of aldehydes is 1. The van der Waals surface area contributed by atoms with E-state index in [1.54, 1.807) is 0 Å². The monoisotopic (exact) mass is 217 g/mol. The van der Waals surface area contributed by atoms with Crippen LogP contribution in [0.4, 0.5) is 5.82 Å². The van der Waals surface area contributed by atoms with E-state index < -0.39 is 0 Å². The van der Waals surface area contributed by atoms with Gasteiger partial charge in [-0.3, -0.25) is 4.79 Å². The van der Waals surface area contributed by atoms with Gasteiger partial charge in [0.15, 0.2) is 17.8 Å². The fraction of sp³-hybridized carbons (Fsp3) is 0. The molecule has 2 rings (SSSR count). The molecule has 2 N–H and O–H groups in total. The van der Waals surface area contributed by atoms with Crippen LogP contribution in [0.25, 0.3) is 11.2 Å². The maximum absolute atomic E-state index is 10.4. The molecule has 7 heteroatoms. The highest BCUT2D eigenvalue weighted by molar-refractivity contribution is 6.02. The van der Waals surface area contributed by atoms with E-state index >= 15 is 0 Å². The summed E-state index contributed by atoms with van der Waals surface area (Å²) in [6.45, 7) is 0. The highest BCUT2D eigenvalue weighted by atomic mass is 16.2. The van der Waals surface area contributed by atoms with Gasteiger partial charge in [-0.1, -0.05) is 0 Å². The van der Waals surface area contributed by atoms with Crippen molar-refractivity contribution in [2.45, 2.75) is 0 Å². The van der Waals surface area contributed by atoms with Crippen LogP contribution in [0.3, 0.4) is 0 Å². The van der Waals surface area contributed by atoms with Crippen molar-refractivity contribution in [3.63, 3.8) is 0 Å². The van der Waals surface area contributed by atoms with Crippen LogP contribution in [0.2, 0.25) is 0 Å². The molecule has 2 aromatic rings. The van der Waals surface area contributed by atoms with E-state index in [0.717, 1.165) is 0 Å². The van der Waals surface area contributed by atoms with Crippen LogP contribution in [-0.4, -0.2) is 37.5 Å². The first-order chi connectivity index (χ1) is 7.85. The van der Waals surface area contributed by atoms with Crippen LogP contribution in [0.1, 0.15) is 0 Å². The van der Waals surface area contributed by atoms with Gasteiger partial charge in [-0.05, 0) is 0 Å². The number of aliphatic hydroxyl groups is 1. The molecule has 16 heavy (non-hydrogen) atoms. The number of H-pyrrole nitrogens is 1. The Morgan fingerprint density at radius 1 is 1.44 bits per heavy atom. The van der Waals surface area contributed by atoms with Crippen molar-refractivity contribution < 1.29 is 9.90 Å². The smallest absolute Gasteiger partial charge is 0.182 e. The summed E-state index contributed by atoms with van der Waals surface area (Å²) < 4.78 is 0. The normalized spacial score (nSPS) is 12.4. The van der Waals surface area contributed by atoms with Crippen LogP contribution in [0.15, 0.2) is 29.5 Å². The van der Waals surface area contributed by atoms with E-state index in [1.165, 1.54) is 18.9 Å². The van der Waals surface area contributed by atoms with Gasteiger partial charge in [-0.15, -0.1) is 0 Å². The van der Waals surface area contributed by atoms with E-state index in [1.807, 2.05) is 0 Å². The minimum Gasteiger partial charge on any atom is -0.515 e. The predicted octanol–water partition coefficient (Wildman–Crippen LogP) is 0.696. The molecule has 2 aromatic heterocycles. The first-order valence-electron chi connectivity index (χ1n) is 4.33. The molecule has 0 aliphatic rings. The van der Waals surface area contributed by atoms with Crippen LogP contribution >= 0.6 is 0 Å². The predicted molar refractivity (Wildman–Crippen MR) is 56.6 cm³/mol. The van der Waals surface area contributed by atoms with Crippen LogP contribution in [0.5, 0.6) is 0 Å². The quantitative estimate of drug-likeness (QED) is 0.340. The summed E-state index contributed by atoms with van der Waals surface area (Å²) in [6.07, 6.45) is 5.15. The van der Waals surface area contributed by atoms with Crippen LogP contribution < -0.4 is 0 Å². The number of allylic oxidation sites excluding steroid dienone is 1. The van der Waals surface area contributed by atoms with E-state index in [9.17, 15) is 4.79 Å². The van der Waals surface area contributed by atoms with Crippen LogP contribution in [0, 0.1) is 0 Å². The second-order valence-electron chi connectivity index (χ2n) is 2.80. The zero-order valence-corrected chi connectivity index (χ0v) is 8.03. The minimum absolute atomic E-state index is 0.0475. The molecule has 80 valence electrons. The Hall–Kier alpha value is -2.57. The van der Waals surface area contributed by atoms with Gasteiger partial charge in [-0.25, -0.2) is 19.9 Å². The summed E-state index contributed by atoms with van der Waals surface area (Å²) in [5.41, 5.74) is 1.11. The lowest BCUT2D eigenvalue weighted by atomic mass is 10.3. The van der Waals surface area contributed by atoms with Crippen molar-refractivity contribution in [1.29, 1.82) is 0 Å². The van der Waals surface area contributed by atoms with Gasteiger partial charge in [0.05, 0.1) is 18.2 Å². The Labute approximate surface area is 89.6 Å². The Bertz CT molecular complexity index is 572. The summed E-state index contributed by atoms with van der Waals surface area (Å²) in [5.74, 6) is 0.351. The molecular weight excluding hydrogens is 210 g/mol. The Kier molecular flexibility index (Phi) is 2.68. The van der Waals surface area contributed by atoms with Crippen molar-refractivity contribution in [1.82, 2.24) is 19.9 Å². The lowest BCUT2D eigenvalue weighted by molar-refractivity contribution is -0.104. The zero-order valence-electron chi connectivity index (χ0n) is 8.03. The molecular formula is C9H7N5O2. The number of aliphatic imine (C=N–C) groups is 1. The lowest BCUT2D eigenvalue weighted by Gasteiger charge is -1.92. The first kappa shape index (κ1) is 9.97. The highest BCUT2D eigenvalue weighted by Gasteiger charge is 2.03. The molecule has 0 aliphatic carbocycles. The van der Waals surface area contributed by atoms with Crippen molar-refractivity contribution in [2.75, 3.05) is 0 Å². The molecule has 0 atom stereocenters. The van der Waals surface area contributed by atoms with Crippen LogP contribution in [-0.2, 0) is 4.79 Å². The number of rotatable bonds is 3. The van der Waals surface area contributed by atoms with Crippen molar-refractivity contribution in [3.8, 4) is 0 Å². The summed E-state index contributed by atoms with van der Waals surface area (Å²) in [7, 11) is 0. The third-order valence-corrected chi connectivity index (χ3v) is 1.82. The summed E-state index contributed by atoms with van der Waals surface area (Å²) in [5, 5.41) is 8.64. The maximum atomic E-state index is 10.4. The zero-order chi connectivity index (χ0) is 11.4. The third-order valence-electron chi connectivity index (χ3n) is 1.82. The molecule has 0 saturated carbocycles. The molecule has 0 bridgehead atoms. The van der Waals surface area contributed by atoms with Gasteiger partial charge in [0, 0.05) is 6.21 Å². The average molecular weight is 217 g/mol. The number of aromatic nitrogens is 4. The number of imidazole rings is 1. The topological polar surface area (TPSA) is 104 Å². The third kappa shape index (κ3) is 1.78. The van der Waals surface area contributed by atoms with E-state index in [-0.39, 0.29) is 5.57 Å². The van der Waals surface area contributed by atoms with Gasteiger partial charge < -0.3 is 10.1 Å². The van der Waals surface area contributed by atoms with E-state index in [2.05, 4.69) is 24.9 Å². The number of carbonyl (C=O) groups is 1. The Morgan fingerprint density at radius 2 is 2.31 bits per heavy atom. The molecule has 0 aliphatic heterocycles. The largest absolute Gasteiger partial charge is 0.515 e. The molecule has 7 nitrogen and oxygen atoms in total. The van der Waals surface area contributed by atoms with Gasteiger partial charge in [0.25, 0.3) is 0 Å². The molecule has 2 heterocycles. The number of nitrogens with one attached hydrogen (secondary N) is 1. The SMILES string of the molecule is O=C/C(C=Nc1ncnc2nc[nH]c12)=C\O. The van der Waals surface area contributed by atoms with Crippen molar-refractivity contribution >= 4 is 29.5 Å². The number of nitrogens with zero attached hydrogens (tertiary/aromatic N) is 4. The van der Waals surface area contributed by atoms with Gasteiger partial charge in [0.1, 0.15) is 11.8 Å². The van der Waals surface area contributed by atoms with E-state index in [4.69, 9.17) is 5.11 Å². The van der Waals surface area contributed by atoms with Crippen molar-refractivity contribution in [2.24, 2.45) is 4.99 Å². The van der Waals surface area contributed by atoms with Gasteiger partial charge in [-0.2, -0.15) is 0 Å². The Morgan fingerprint density at radius 3 is 3.06 bits per heavy atom. The fourth-order valence-corrected chi connectivity index (χ4v) is 1.08. The molecule has 0 saturated heterocycles. The number of fused-ring (bicyclic) bond motifs is 1. The molecule has 0 fully saturated rings. The second-order valence-corrected chi connectivity index (χ2v) is 2.80. The average Bonchev–Trinajstić information content (AvgIpc) is 2.79. The maximum Gasteiger partial charge on any atom is 0.182 e. The minimum atomic E-state index is 0.0475. The first-order valence-corrected chi connectivity index (χ1v) is 4.33. The standard InChI is InChI=1S/C9H7N5O2/c15-2-6(3-16)1-10-8-7-9(12-4-11-7)14-5-13-8/h1-5,15H,(H,11,12,13,14)/b6-2-,10-1?. The second kappa shape index (κ2) is 4.30. The molecule has 0 radical (unpaired) electrons. The van der Waals surface area contributed by atoms with Gasteiger partial charge >= 0.3 is 0 Å². The molecule has 0 amide bonds. The Balaban J connectivity index is 2.41. The highest BCUT2D eigenvalue weighted by Crippen LogP contribution is 2.16. The number of hydrogen-bond acceptors (Lipinski definition) is 6. The number of hydrogen-bond donors (Lipinski definition) is 2. The number of aliphatic hydroxyl groups excluding tert-OH is 1. The number of carbonyl (C=O) groups excluding carboxylic acids is 1. The fourth-order valence-electron chi connectivity index (χ4n) is 1.08.